The third-order valence-corrected chi connectivity index (χ3v) is 3.45. The number of nitrogens with one attached hydrogen (secondary N) is 2. The minimum atomic E-state index is 0.160. The molecular weight excluding hydrogens is 278 g/mol. The Labute approximate surface area is 133 Å². The molecule has 0 saturated carbocycles. The molecular formula is C17H29N3O2. The van der Waals surface area contributed by atoms with Crippen LogP contribution in [0.25, 0.3) is 0 Å². The largest absolute Gasteiger partial charge is 0.504 e. The number of ether oxygens (including phenoxy) is 1. The minimum absolute atomic E-state index is 0.160. The van der Waals surface area contributed by atoms with Crippen molar-refractivity contribution in [2.45, 2.75) is 47.2 Å². The summed E-state index contributed by atoms with van der Waals surface area (Å²) in [6.07, 6.45) is 0. The molecule has 3 N–H and O–H groups in total. The van der Waals surface area contributed by atoms with Crippen LogP contribution in [0.3, 0.4) is 0 Å². The van der Waals surface area contributed by atoms with E-state index in [1.807, 2.05) is 26.0 Å². The average molecular weight is 307 g/mol. The highest BCUT2D eigenvalue weighted by Gasteiger charge is 2.09. The maximum atomic E-state index is 9.72. The highest BCUT2D eigenvalue weighted by atomic mass is 16.5. The van der Waals surface area contributed by atoms with Gasteiger partial charge in [-0.3, -0.25) is 0 Å². The Balaban J connectivity index is 2.79. The summed E-state index contributed by atoms with van der Waals surface area (Å²) >= 11 is 0. The Hall–Kier alpha value is -1.91. The van der Waals surface area contributed by atoms with Gasteiger partial charge < -0.3 is 20.5 Å². The normalized spacial score (nSPS) is 13.1. The fraction of sp³-hybridized carbons (Fsp3) is 0.588. The number of hydrogen-bond donors (Lipinski definition) is 3. The predicted octanol–water partition coefficient (Wildman–Crippen LogP) is 2.89. The molecule has 0 heterocycles. The maximum absolute atomic E-state index is 9.72. The van der Waals surface area contributed by atoms with Crippen molar-refractivity contribution in [1.29, 1.82) is 0 Å². The first kappa shape index (κ1) is 18.1. The lowest BCUT2D eigenvalue weighted by atomic mass is 10.1. The van der Waals surface area contributed by atoms with Gasteiger partial charge in [0.15, 0.2) is 17.5 Å². The lowest BCUT2D eigenvalue weighted by Crippen LogP contribution is -2.44. The zero-order valence-electron chi connectivity index (χ0n) is 14.3. The van der Waals surface area contributed by atoms with E-state index in [0.717, 1.165) is 18.1 Å². The molecule has 0 bridgehead atoms. The molecule has 1 unspecified atom stereocenters. The molecule has 1 rings (SSSR count). The number of guanidine groups is 1. The number of phenolic OH excluding ortho intramolecular Hbond substituents is 1. The summed E-state index contributed by atoms with van der Waals surface area (Å²) in [4.78, 5) is 4.59. The molecule has 5 heteroatoms. The van der Waals surface area contributed by atoms with Crippen molar-refractivity contribution >= 4 is 5.96 Å². The summed E-state index contributed by atoms with van der Waals surface area (Å²) in [5.74, 6) is 1.99. The monoisotopic (exact) mass is 307 g/mol. The van der Waals surface area contributed by atoms with E-state index < -0.39 is 0 Å². The fourth-order valence-corrected chi connectivity index (χ4v) is 1.80. The number of aliphatic imine (C=N–C) groups is 1. The van der Waals surface area contributed by atoms with E-state index >= 15 is 0 Å². The van der Waals surface area contributed by atoms with Crippen LogP contribution in [0.15, 0.2) is 23.2 Å². The molecule has 22 heavy (non-hydrogen) atoms. The van der Waals surface area contributed by atoms with E-state index in [4.69, 9.17) is 4.74 Å². The number of nitrogens with zero attached hydrogens (tertiary/aromatic N) is 1. The first-order valence-electron chi connectivity index (χ1n) is 7.97. The van der Waals surface area contributed by atoms with Crippen molar-refractivity contribution in [3.05, 3.63) is 23.8 Å². The maximum Gasteiger partial charge on any atom is 0.191 e. The Kier molecular flexibility index (Phi) is 7.57. The van der Waals surface area contributed by atoms with Gasteiger partial charge in [0, 0.05) is 12.6 Å². The Morgan fingerprint density at radius 1 is 1.27 bits per heavy atom. The Morgan fingerprint density at radius 3 is 2.59 bits per heavy atom. The molecule has 0 fully saturated rings. The summed E-state index contributed by atoms with van der Waals surface area (Å²) < 4.78 is 5.40. The van der Waals surface area contributed by atoms with Gasteiger partial charge in [0.05, 0.1) is 13.2 Å². The van der Waals surface area contributed by atoms with E-state index in [-0.39, 0.29) is 5.75 Å². The number of benzene rings is 1. The zero-order chi connectivity index (χ0) is 16.5. The first-order chi connectivity index (χ1) is 10.5. The van der Waals surface area contributed by atoms with Gasteiger partial charge in [0.1, 0.15) is 0 Å². The van der Waals surface area contributed by atoms with Crippen molar-refractivity contribution in [1.82, 2.24) is 10.6 Å². The smallest absolute Gasteiger partial charge is 0.191 e. The Bertz CT molecular complexity index is 487. The van der Waals surface area contributed by atoms with E-state index in [9.17, 15) is 5.11 Å². The number of aromatic hydroxyl groups is 1. The van der Waals surface area contributed by atoms with Gasteiger partial charge in [0.25, 0.3) is 0 Å². The van der Waals surface area contributed by atoms with Crippen molar-refractivity contribution in [2.75, 3.05) is 13.2 Å². The Morgan fingerprint density at radius 2 is 2.00 bits per heavy atom. The van der Waals surface area contributed by atoms with Crippen molar-refractivity contribution < 1.29 is 9.84 Å². The van der Waals surface area contributed by atoms with Gasteiger partial charge in [-0.25, -0.2) is 4.99 Å². The van der Waals surface area contributed by atoms with Crippen LogP contribution < -0.4 is 15.4 Å². The highest BCUT2D eigenvalue weighted by molar-refractivity contribution is 5.80. The molecule has 0 radical (unpaired) electrons. The number of rotatable bonds is 7. The standard InChI is InChI=1S/C17H29N3O2/c1-6-18-17(20-13(5)12(3)4)19-11-14-8-9-15(21)16(10-14)22-7-2/h8-10,12-13,21H,6-7,11H2,1-5H3,(H2,18,19,20). The second-order valence-electron chi connectivity index (χ2n) is 5.61. The van der Waals surface area contributed by atoms with Crippen LogP contribution in [0.2, 0.25) is 0 Å². The van der Waals surface area contributed by atoms with Gasteiger partial charge >= 0.3 is 0 Å². The first-order valence-corrected chi connectivity index (χ1v) is 7.97. The summed E-state index contributed by atoms with van der Waals surface area (Å²) in [5, 5.41) is 16.4. The van der Waals surface area contributed by atoms with Crippen LogP contribution in [0.4, 0.5) is 0 Å². The number of hydrogen-bond acceptors (Lipinski definition) is 3. The average Bonchev–Trinajstić information content (AvgIpc) is 2.48. The highest BCUT2D eigenvalue weighted by Crippen LogP contribution is 2.27. The second kappa shape index (κ2) is 9.18. The summed E-state index contributed by atoms with van der Waals surface area (Å²) in [5.41, 5.74) is 0.996. The molecule has 0 spiro atoms. The van der Waals surface area contributed by atoms with E-state index in [1.54, 1.807) is 6.07 Å². The van der Waals surface area contributed by atoms with E-state index in [2.05, 4.69) is 36.4 Å². The lowest BCUT2D eigenvalue weighted by Gasteiger charge is -2.20. The molecule has 1 atom stereocenters. The second-order valence-corrected chi connectivity index (χ2v) is 5.61. The van der Waals surface area contributed by atoms with Gasteiger partial charge in [-0.05, 0) is 44.4 Å². The molecule has 1 aromatic rings. The van der Waals surface area contributed by atoms with Crippen LogP contribution in [0.5, 0.6) is 11.5 Å². The third kappa shape index (κ3) is 5.84. The molecule has 0 amide bonds. The number of phenols is 1. The molecule has 0 aliphatic carbocycles. The van der Waals surface area contributed by atoms with Gasteiger partial charge in [-0.1, -0.05) is 19.9 Å². The van der Waals surface area contributed by atoms with E-state index in [1.165, 1.54) is 0 Å². The van der Waals surface area contributed by atoms with Crippen LogP contribution in [0.1, 0.15) is 40.2 Å². The van der Waals surface area contributed by atoms with Gasteiger partial charge in [-0.2, -0.15) is 0 Å². The summed E-state index contributed by atoms with van der Waals surface area (Å²) in [6, 6.07) is 5.68. The van der Waals surface area contributed by atoms with Crippen molar-refractivity contribution in [3.8, 4) is 11.5 Å². The fourth-order valence-electron chi connectivity index (χ4n) is 1.80. The van der Waals surface area contributed by atoms with Gasteiger partial charge in [0.2, 0.25) is 0 Å². The van der Waals surface area contributed by atoms with Gasteiger partial charge in [-0.15, -0.1) is 0 Å². The van der Waals surface area contributed by atoms with Crippen molar-refractivity contribution in [2.24, 2.45) is 10.9 Å². The predicted molar refractivity (Wildman–Crippen MR) is 91.5 cm³/mol. The van der Waals surface area contributed by atoms with Crippen LogP contribution >= 0.6 is 0 Å². The third-order valence-electron chi connectivity index (χ3n) is 3.45. The summed E-state index contributed by atoms with van der Waals surface area (Å²) in [7, 11) is 0. The molecule has 1 aromatic carbocycles. The lowest BCUT2D eigenvalue weighted by molar-refractivity contribution is 0.318. The van der Waals surface area contributed by atoms with Crippen LogP contribution in [-0.2, 0) is 6.54 Å². The molecule has 5 nitrogen and oxygen atoms in total. The quantitative estimate of drug-likeness (QED) is 0.535. The molecule has 0 saturated heterocycles. The van der Waals surface area contributed by atoms with Crippen molar-refractivity contribution in [3.63, 3.8) is 0 Å². The molecule has 124 valence electrons. The molecule has 0 aliphatic heterocycles. The zero-order valence-corrected chi connectivity index (χ0v) is 14.3. The van der Waals surface area contributed by atoms with Crippen LogP contribution in [-0.4, -0.2) is 30.3 Å². The van der Waals surface area contributed by atoms with E-state index in [0.29, 0.717) is 30.9 Å². The van der Waals surface area contributed by atoms with Crippen LogP contribution in [0, 0.1) is 5.92 Å². The topological polar surface area (TPSA) is 65.9 Å². The summed E-state index contributed by atoms with van der Waals surface area (Å²) in [6.45, 7) is 12.3. The molecule has 0 aromatic heterocycles. The SMILES string of the molecule is CCNC(=NCc1ccc(O)c(OCC)c1)NC(C)C(C)C. The molecule has 0 aliphatic rings. The minimum Gasteiger partial charge on any atom is -0.504 e.